The summed E-state index contributed by atoms with van der Waals surface area (Å²) in [6.45, 7) is -2.70. The first-order chi connectivity index (χ1) is 8.18. The van der Waals surface area contributed by atoms with Crippen LogP contribution in [0.15, 0.2) is 35.1 Å². The molecule has 7 heteroatoms. The quantitative estimate of drug-likeness (QED) is 0.887. The van der Waals surface area contributed by atoms with Gasteiger partial charge in [0.15, 0.2) is 0 Å². The number of amides is 1. The van der Waals surface area contributed by atoms with E-state index in [-0.39, 0.29) is 12.2 Å². The van der Waals surface area contributed by atoms with Crippen molar-refractivity contribution in [1.82, 2.24) is 15.1 Å². The van der Waals surface area contributed by atoms with Crippen LogP contribution in [0.3, 0.4) is 0 Å². The second-order valence-corrected chi connectivity index (χ2v) is 3.20. The lowest BCUT2D eigenvalue weighted by Crippen LogP contribution is -2.25. The van der Waals surface area contributed by atoms with Gasteiger partial charge in [-0.25, -0.2) is 0 Å². The highest BCUT2D eigenvalue weighted by molar-refractivity contribution is 5.92. The molecular formula is C10H9F2N3O2. The predicted molar refractivity (Wildman–Crippen MR) is 53.4 cm³/mol. The molecule has 1 amide bonds. The first kappa shape index (κ1) is 11.3. The Morgan fingerprint density at radius 3 is 3.00 bits per heavy atom. The number of halogens is 2. The highest BCUT2D eigenvalue weighted by atomic mass is 19.3. The van der Waals surface area contributed by atoms with Gasteiger partial charge in [0.05, 0.1) is 12.8 Å². The molecule has 0 unspecified atom stereocenters. The third-order valence-corrected chi connectivity index (χ3v) is 2.09. The molecule has 2 aromatic heterocycles. The first-order valence-corrected chi connectivity index (χ1v) is 4.80. The fourth-order valence-electron chi connectivity index (χ4n) is 1.32. The number of hydrogen-bond acceptors (Lipinski definition) is 3. The number of carbonyl (C=O) groups excluding carboxylic acids is 1. The van der Waals surface area contributed by atoms with Crippen LogP contribution in [0.25, 0.3) is 0 Å². The van der Waals surface area contributed by atoms with Crippen molar-refractivity contribution in [2.75, 3.05) is 0 Å². The number of nitrogens with zero attached hydrogens (tertiary/aromatic N) is 2. The summed E-state index contributed by atoms with van der Waals surface area (Å²) in [6, 6.07) is 4.57. The second-order valence-electron chi connectivity index (χ2n) is 3.20. The standard InChI is InChI=1S/C10H9F2N3O2/c11-10(12)15-8(3-4-14-15)9(16)13-6-7-2-1-5-17-7/h1-5,10H,6H2,(H,13,16). The minimum atomic E-state index is -2.84. The second kappa shape index (κ2) is 4.77. The maximum atomic E-state index is 12.4. The number of furan rings is 1. The first-order valence-electron chi connectivity index (χ1n) is 4.80. The maximum Gasteiger partial charge on any atom is 0.333 e. The fraction of sp³-hybridized carbons (Fsp3) is 0.200. The van der Waals surface area contributed by atoms with E-state index >= 15 is 0 Å². The molecule has 0 aliphatic rings. The van der Waals surface area contributed by atoms with Gasteiger partial charge in [-0.2, -0.15) is 18.6 Å². The van der Waals surface area contributed by atoms with Gasteiger partial charge in [0.25, 0.3) is 5.91 Å². The van der Waals surface area contributed by atoms with Crippen molar-refractivity contribution in [1.29, 1.82) is 0 Å². The minimum Gasteiger partial charge on any atom is -0.467 e. The molecule has 90 valence electrons. The van der Waals surface area contributed by atoms with Crippen LogP contribution in [0.4, 0.5) is 8.78 Å². The molecular weight excluding hydrogens is 232 g/mol. The molecule has 0 aliphatic carbocycles. The van der Waals surface area contributed by atoms with E-state index in [1.54, 1.807) is 12.1 Å². The van der Waals surface area contributed by atoms with E-state index in [4.69, 9.17) is 4.42 Å². The van der Waals surface area contributed by atoms with Crippen molar-refractivity contribution >= 4 is 5.91 Å². The van der Waals surface area contributed by atoms with Crippen molar-refractivity contribution in [3.8, 4) is 0 Å². The lowest BCUT2D eigenvalue weighted by Gasteiger charge is -2.06. The Bertz CT molecular complexity index is 493. The summed E-state index contributed by atoms with van der Waals surface area (Å²) >= 11 is 0. The normalized spacial score (nSPS) is 10.8. The summed E-state index contributed by atoms with van der Waals surface area (Å²) in [6.07, 6.45) is 2.61. The van der Waals surface area contributed by atoms with Crippen LogP contribution in [0.2, 0.25) is 0 Å². The predicted octanol–water partition coefficient (Wildman–Crippen LogP) is 1.80. The highest BCUT2D eigenvalue weighted by Gasteiger charge is 2.17. The van der Waals surface area contributed by atoms with Crippen LogP contribution in [0.1, 0.15) is 22.8 Å². The molecule has 2 aromatic rings. The average Bonchev–Trinajstić information content (AvgIpc) is 2.96. The van der Waals surface area contributed by atoms with Crippen LogP contribution in [-0.4, -0.2) is 15.7 Å². The molecule has 0 aromatic carbocycles. The van der Waals surface area contributed by atoms with Crippen molar-refractivity contribution in [2.45, 2.75) is 13.1 Å². The van der Waals surface area contributed by atoms with Crippen LogP contribution in [0.5, 0.6) is 0 Å². The summed E-state index contributed by atoms with van der Waals surface area (Å²) < 4.78 is 30.2. The molecule has 0 saturated carbocycles. The van der Waals surface area contributed by atoms with Gasteiger partial charge in [-0.1, -0.05) is 0 Å². The van der Waals surface area contributed by atoms with Gasteiger partial charge >= 0.3 is 6.55 Å². The molecule has 0 aliphatic heterocycles. The maximum absolute atomic E-state index is 12.4. The van der Waals surface area contributed by atoms with Crippen LogP contribution >= 0.6 is 0 Å². The number of aromatic nitrogens is 2. The van der Waals surface area contributed by atoms with Gasteiger partial charge in [-0.15, -0.1) is 0 Å². The third-order valence-electron chi connectivity index (χ3n) is 2.09. The van der Waals surface area contributed by atoms with E-state index in [0.29, 0.717) is 10.4 Å². The van der Waals surface area contributed by atoms with Crippen molar-refractivity contribution < 1.29 is 18.0 Å². The molecule has 0 fully saturated rings. The summed E-state index contributed by atoms with van der Waals surface area (Å²) in [5.74, 6) is -0.0827. The Kier molecular flexibility index (Phi) is 3.17. The third kappa shape index (κ3) is 2.49. The van der Waals surface area contributed by atoms with E-state index < -0.39 is 12.5 Å². The molecule has 2 rings (SSSR count). The van der Waals surface area contributed by atoms with E-state index in [2.05, 4.69) is 10.4 Å². The van der Waals surface area contributed by atoms with Crippen LogP contribution < -0.4 is 5.32 Å². The van der Waals surface area contributed by atoms with Crippen molar-refractivity contribution in [3.05, 3.63) is 42.1 Å². The molecule has 0 spiro atoms. The smallest absolute Gasteiger partial charge is 0.333 e. The fourth-order valence-corrected chi connectivity index (χ4v) is 1.32. The lowest BCUT2D eigenvalue weighted by molar-refractivity contribution is 0.0509. The molecule has 0 saturated heterocycles. The minimum absolute atomic E-state index is 0.139. The van der Waals surface area contributed by atoms with E-state index in [9.17, 15) is 13.6 Å². The van der Waals surface area contributed by atoms with E-state index in [1.165, 1.54) is 12.3 Å². The SMILES string of the molecule is O=C(NCc1ccco1)c1ccnn1C(F)F. The van der Waals surface area contributed by atoms with Crippen molar-refractivity contribution in [2.24, 2.45) is 0 Å². The molecule has 0 bridgehead atoms. The zero-order valence-electron chi connectivity index (χ0n) is 8.64. The average molecular weight is 241 g/mol. The van der Waals surface area contributed by atoms with Gasteiger partial charge in [0, 0.05) is 6.20 Å². The number of hydrogen-bond donors (Lipinski definition) is 1. The van der Waals surface area contributed by atoms with Gasteiger partial charge in [0.1, 0.15) is 11.5 Å². The zero-order valence-corrected chi connectivity index (χ0v) is 8.64. The summed E-state index contributed by atoms with van der Waals surface area (Å²) in [5.41, 5.74) is -0.188. The molecule has 1 N–H and O–H groups in total. The van der Waals surface area contributed by atoms with E-state index in [1.807, 2.05) is 0 Å². The molecule has 17 heavy (non-hydrogen) atoms. The Morgan fingerprint density at radius 1 is 1.53 bits per heavy atom. The van der Waals surface area contributed by atoms with Gasteiger partial charge < -0.3 is 9.73 Å². The molecule has 2 heterocycles. The van der Waals surface area contributed by atoms with Crippen molar-refractivity contribution in [3.63, 3.8) is 0 Å². The van der Waals surface area contributed by atoms with Gasteiger partial charge in [0.2, 0.25) is 0 Å². The van der Waals surface area contributed by atoms with Crippen LogP contribution in [-0.2, 0) is 6.54 Å². The lowest BCUT2D eigenvalue weighted by atomic mass is 10.4. The summed E-state index contributed by atoms with van der Waals surface area (Å²) in [4.78, 5) is 11.6. The Morgan fingerprint density at radius 2 is 2.35 bits per heavy atom. The number of nitrogens with one attached hydrogen (secondary N) is 1. The largest absolute Gasteiger partial charge is 0.467 e. The van der Waals surface area contributed by atoms with Gasteiger partial charge in [-0.05, 0) is 18.2 Å². The highest BCUT2D eigenvalue weighted by Crippen LogP contribution is 2.12. The Labute approximate surface area is 95.0 Å². The van der Waals surface area contributed by atoms with Gasteiger partial charge in [-0.3, -0.25) is 4.79 Å². The monoisotopic (exact) mass is 241 g/mol. The molecule has 0 radical (unpaired) electrons. The molecule has 5 nitrogen and oxygen atoms in total. The number of alkyl halides is 2. The summed E-state index contributed by atoms with van der Waals surface area (Å²) in [5, 5.41) is 5.82. The number of carbonyl (C=O) groups is 1. The van der Waals surface area contributed by atoms with E-state index in [0.717, 1.165) is 6.20 Å². The Balaban J connectivity index is 2.02. The topological polar surface area (TPSA) is 60.1 Å². The Hall–Kier alpha value is -2.18. The number of rotatable bonds is 4. The van der Waals surface area contributed by atoms with Crippen LogP contribution in [0, 0.1) is 0 Å². The summed E-state index contributed by atoms with van der Waals surface area (Å²) in [7, 11) is 0. The zero-order chi connectivity index (χ0) is 12.3. The molecule has 0 atom stereocenters.